The SMILES string of the molecule is C=CCOCc1cc(F)ccc1C=NNc1nc(CC(=O)OCC)cs1. The number of halogens is 1. The zero-order valence-electron chi connectivity index (χ0n) is 14.4. The topological polar surface area (TPSA) is 72.8 Å². The fraction of sp³-hybridized carbons (Fsp3) is 0.278. The molecule has 0 unspecified atom stereocenters. The van der Waals surface area contributed by atoms with Gasteiger partial charge in [-0.3, -0.25) is 10.2 Å². The molecule has 0 saturated carbocycles. The van der Waals surface area contributed by atoms with Gasteiger partial charge in [-0.05, 0) is 24.6 Å². The lowest BCUT2D eigenvalue weighted by Gasteiger charge is -2.06. The van der Waals surface area contributed by atoms with Crippen LogP contribution in [0.4, 0.5) is 9.52 Å². The van der Waals surface area contributed by atoms with Gasteiger partial charge in [-0.25, -0.2) is 9.37 Å². The first kappa shape index (κ1) is 19.7. The van der Waals surface area contributed by atoms with Crippen LogP contribution in [-0.2, 0) is 27.3 Å². The van der Waals surface area contributed by atoms with Gasteiger partial charge in [-0.1, -0.05) is 12.1 Å². The molecule has 0 amide bonds. The van der Waals surface area contributed by atoms with Crippen LogP contribution in [0.25, 0.3) is 0 Å². The molecule has 0 saturated heterocycles. The molecular formula is C18H20FN3O3S. The second kappa shape index (κ2) is 10.4. The largest absolute Gasteiger partial charge is 0.466 e. The molecule has 0 atom stereocenters. The number of esters is 1. The van der Waals surface area contributed by atoms with E-state index in [1.165, 1.54) is 23.5 Å². The van der Waals surface area contributed by atoms with E-state index in [1.54, 1.807) is 30.7 Å². The molecule has 0 fully saturated rings. The minimum Gasteiger partial charge on any atom is -0.466 e. The second-order valence-electron chi connectivity index (χ2n) is 5.14. The molecule has 6 nitrogen and oxygen atoms in total. The van der Waals surface area contributed by atoms with Gasteiger partial charge in [-0.2, -0.15) is 5.10 Å². The summed E-state index contributed by atoms with van der Waals surface area (Å²) >= 11 is 1.33. The molecule has 8 heteroatoms. The molecular weight excluding hydrogens is 357 g/mol. The Morgan fingerprint density at radius 3 is 3.12 bits per heavy atom. The molecule has 1 aromatic carbocycles. The summed E-state index contributed by atoms with van der Waals surface area (Å²) in [6.07, 6.45) is 3.32. The van der Waals surface area contributed by atoms with Crippen molar-refractivity contribution in [2.45, 2.75) is 20.0 Å². The van der Waals surface area contributed by atoms with Gasteiger partial charge in [0.05, 0.1) is 38.1 Å². The minimum absolute atomic E-state index is 0.123. The number of hydrazone groups is 1. The number of rotatable bonds is 10. The summed E-state index contributed by atoms with van der Waals surface area (Å²) in [7, 11) is 0. The second-order valence-corrected chi connectivity index (χ2v) is 6.00. The summed E-state index contributed by atoms with van der Waals surface area (Å²) in [4.78, 5) is 15.7. The zero-order valence-corrected chi connectivity index (χ0v) is 15.2. The Bertz CT molecular complexity index is 777. The third kappa shape index (κ3) is 6.38. The van der Waals surface area contributed by atoms with Gasteiger partial charge in [0, 0.05) is 10.9 Å². The predicted octanol–water partition coefficient (Wildman–Crippen LogP) is 3.54. The first-order chi connectivity index (χ1) is 12.6. The molecule has 0 aliphatic rings. The van der Waals surface area contributed by atoms with E-state index in [4.69, 9.17) is 9.47 Å². The lowest BCUT2D eigenvalue weighted by atomic mass is 10.1. The van der Waals surface area contributed by atoms with E-state index < -0.39 is 0 Å². The highest BCUT2D eigenvalue weighted by atomic mass is 32.1. The lowest BCUT2D eigenvalue weighted by Crippen LogP contribution is -2.07. The fourth-order valence-corrected chi connectivity index (χ4v) is 2.69. The average molecular weight is 377 g/mol. The van der Waals surface area contributed by atoms with Crippen molar-refractivity contribution in [2.75, 3.05) is 18.6 Å². The Labute approximate surface area is 155 Å². The van der Waals surface area contributed by atoms with E-state index >= 15 is 0 Å². The summed E-state index contributed by atoms with van der Waals surface area (Å²) in [6.45, 7) is 6.31. The van der Waals surface area contributed by atoms with Crippen LogP contribution in [0, 0.1) is 5.82 Å². The van der Waals surface area contributed by atoms with E-state index in [-0.39, 0.29) is 24.8 Å². The van der Waals surface area contributed by atoms with Crippen LogP contribution in [0.3, 0.4) is 0 Å². The monoisotopic (exact) mass is 377 g/mol. The number of benzene rings is 1. The maximum Gasteiger partial charge on any atom is 0.311 e. The normalized spacial score (nSPS) is 10.8. The van der Waals surface area contributed by atoms with Crippen LogP contribution < -0.4 is 5.43 Å². The van der Waals surface area contributed by atoms with Crippen LogP contribution in [0.5, 0.6) is 0 Å². The smallest absolute Gasteiger partial charge is 0.311 e. The summed E-state index contributed by atoms with van der Waals surface area (Å²) in [6, 6.07) is 4.39. The van der Waals surface area contributed by atoms with Crippen LogP contribution in [0.2, 0.25) is 0 Å². The predicted molar refractivity (Wildman–Crippen MR) is 99.9 cm³/mol. The number of thiazole rings is 1. The van der Waals surface area contributed by atoms with Gasteiger partial charge in [0.25, 0.3) is 0 Å². The first-order valence-electron chi connectivity index (χ1n) is 7.98. The highest BCUT2D eigenvalue weighted by Gasteiger charge is 2.08. The summed E-state index contributed by atoms with van der Waals surface area (Å²) in [5, 5.41) is 6.43. The minimum atomic E-state index is -0.337. The highest BCUT2D eigenvalue weighted by Crippen LogP contribution is 2.16. The standard InChI is InChI=1S/C18H20FN3O3S/c1-3-7-24-11-14-8-15(19)6-5-13(14)10-20-22-18-21-16(12-26-18)9-17(23)25-4-2/h3,5-6,8,10,12H,1,4,7,9,11H2,2H3,(H,21,22). The van der Waals surface area contributed by atoms with Gasteiger partial charge < -0.3 is 9.47 Å². The Hall–Kier alpha value is -2.58. The molecule has 138 valence electrons. The summed E-state index contributed by atoms with van der Waals surface area (Å²) < 4.78 is 23.7. The lowest BCUT2D eigenvalue weighted by molar-refractivity contribution is -0.142. The van der Waals surface area contributed by atoms with E-state index in [0.29, 0.717) is 29.6 Å². The number of hydrogen-bond acceptors (Lipinski definition) is 7. The molecule has 2 rings (SSSR count). The molecule has 2 aromatic rings. The molecule has 0 bridgehead atoms. The molecule has 0 spiro atoms. The molecule has 26 heavy (non-hydrogen) atoms. The third-order valence-corrected chi connectivity index (χ3v) is 3.94. The van der Waals surface area contributed by atoms with E-state index in [0.717, 1.165) is 5.56 Å². The van der Waals surface area contributed by atoms with Crippen molar-refractivity contribution in [1.29, 1.82) is 0 Å². The first-order valence-corrected chi connectivity index (χ1v) is 8.86. The van der Waals surface area contributed by atoms with Crippen molar-refractivity contribution in [3.63, 3.8) is 0 Å². The molecule has 1 heterocycles. The van der Waals surface area contributed by atoms with Crippen LogP contribution in [0.1, 0.15) is 23.7 Å². The Balaban J connectivity index is 1.96. The quantitative estimate of drug-likeness (QED) is 0.225. The van der Waals surface area contributed by atoms with Gasteiger partial charge in [0.1, 0.15) is 5.82 Å². The zero-order chi connectivity index (χ0) is 18.8. The van der Waals surface area contributed by atoms with Crippen molar-refractivity contribution in [3.8, 4) is 0 Å². The molecule has 0 aliphatic heterocycles. The maximum atomic E-state index is 13.4. The van der Waals surface area contributed by atoms with Crippen LogP contribution in [-0.4, -0.2) is 30.4 Å². The molecule has 0 radical (unpaired) electrons. The number of carbonyl (C=O) groups is 1. The van der Waals surface area contributed by atoms with E-state index in [2.05, 4.69) is 22.1 Å². The van der Waals surface area contributed by atoms with Crippen molar-refractivity contribution < 1.29 is 18.7 Å². The highest BCUT2D eigenvalue weighted by molar-refractivity contribution is 7.13. The number of carbonyl (C=O) groups excluding carboxylic acids is 1. The van der Waals surface area contributed by atoms with Crippen molar-refractivity contribution in [2.24, 2.45) is 5.10 Å². The Morgan fingerprint density at radius 2 is 2.35 bits per heavy atom. The Morgan fingerprint density at radius 1 is 1.50 bits per heavy atom. The Kier molecular flexibility index (Phi) is 7.91. The average Bonchev–Trinajstić information content (AvgIpc) is 3.04. The molecule has 0 aliphatic carbocycles. The van der Waals surface area contributed by atoms with Gasteiger partial charge in [0.2, 0.25) is 5.13 Å². The van der Waals surface area contributed by atoms with Crippen molar-refractivity contribution >= 4 is 28.7 Å². The maximum absolute atomic E-state index is 13.4. The molecule has 1 N–H and O–H groups in total. The number of ether oxygens (including phenoxy) is 2. The number of hydrogen-bond donors (Lipinski definition) is 1. The van der Waals surface area contributed by atoms with E-state index in [9.17, 15) is 9.18 Å². The summed E-state index contributed by atoms with van der Waals surface area (Å²) in [5.41, 5.74) is 4.83. The van der Waals surface area contributed by atoms with Crippen LogP contribution >= 0.6 is 11.3 Å². The van der Waals surface area contributed by atoms with Gasteiger partial charge >= 0.3 is 5.97 Å². The van der Waals surface area contributed by atoms with Crippen molar-refractivity contribution in [3.05, 3.63) is 58.9 Å². The summed E-state index contributed by atoms with van der Waals surface area (Å²) in [5.74, 6) is -0.654. The third-order valence-electron chi connectivity index (χ3n) is 3.14. The number of aromatic nitrogens is 1. The number of anilines is 1. The van der Waals surface area contributed by atoms with Crippen molar-refractivity contribution in [1.82, 2.24) is 4.98 Å². The van der Waals surface area contributed by atoms with Gasteiger partial charge in [0.15, 0.2) is 0 Å². The fourth-order valence-electron chi connectivity index (χ4n) is 2.03. The number of nitrogens with one attached hydrogen (secondary N) is 1. The number of nitrogens with zero attached hydrogens (tertiary/aromatic N) is 2. The van der Waals surface area contributed by atoms with Gasteiger partial charge in [-0.15, -0.1) is 17.9 Å². The van der Waals surface area contributed by atoms with Crippen LogP contribution in [0.15, 0.2) is 41.3 Å². The molecule has 1 aromatic heterocycles. The van der Waals surface area contributed by atoms with E-state index in [1.807, 2.05) is 0 Å².